The number of carbonyl (C=O) groups excluding carboxylic acids is 1. The minimum absolute atomic E-state index is 0.0969. The highest BCUT2D eigenvalue weighted by atomic mass is 35.5. The van der Waals surface area contributed by atoms with Gasteiger partial charge in [-0.1, -0.05) is 6.42 Å². The average Bonchev–Trinajstić information content (AvgIpc) is 1.98. The molecule has 10 heavy (non-hydrogen) atoms. The van der Waals surface area contributed by atoms with Crippen molar-refractivity contribution >= 4 is 17.4 Å². The van der Waals surface area contributed by atoms with Gasteiger partial charge in [-0.05, 0) is 12.8 Å². The number of hydrogen-bond donors (Lipinski definition) is 1. The van der Waals surface area contributed by atoms with Crippen LogP contribution in [0.4, 0.5) is 0 Å². The molecule has 0 radical (unpaired) electrons. The molecule has 0 aliphatic heterocycles. The number of aliphatic hydroxyl groups excluding tert-OH is 1. The molecule has 0 saturated carbocycles. The van der Waals surface area contributed by atoms with Crippen molar-refractivity contribution in [1.29, 1.82) is 0 Å². The third-order valence-electron chi connectivity index (χ3n) is 1.26. The average molecular weight is 165 g/mol. The largest absolute Gasteiger partial charge is 0.396 e. The fourth-order valence-electron chi connectivity index (χ4n) is 0.678. The van der Waals surface area contributed by atoms with Crippen molar-refractivity contribution in [2.45, 2.75) is 25.7 Å². The fourth-order valence-corrected chi connectivity index (χ4v) is 0.811. The number of aliphatic hydroxyl groups is 1. The summed E-state index contributed by atoms with van der Waals surface area (Å²) in [5.74, 6) is 0.221. The zero-order valence-electron chi connectivity index (χ0n) is 5.98. The van der Waals surface area contributed by atoms with Gasteiger partial charge in [0.2, 0.25) is 0 Å². The first kappa shape index (κ1) is 9.92. The van der Waals surface area contributed by atoms with Crippen LogP contribution in [0.15, 0.2) is 0 Å². The quantitative estimate of drug-likeness (QED) is 0.475. The molecule has 0 aromatic carbocycles. The molecule has 3 heteroatoms. The molecule has 0 fully saturated rings. The first-order chi connectivity index (χ1) is 4.81. The van der Waals surface area contributed by atoms with E-state index in [0.717, 1.165) is 19.3 Å². The molecule has 0 amide bonds. The van der Waals surface area contributed by atoms with E-state index >= 15 is 0 Å². The van der Waals surface area contributed by atoms with Crippen molar-refractivity contribution < 1.29 is 9.90 Å². The summed E-state index contributed by atoms with van der Waals surface area (Å²) < 4.78 is 0. The molecule has 0 saturated heterocycles. The molecule has 0 unspecified atom stereocenters. The van der Waals surface area contributed by atoms with Gasteiger partial charge in [-0.25, -0.2) is 0 Å². The minimum atomic E-state index is 0.0969. The Morgan fingerprint density at radius 3 is 2.50 bits per heavy atom. The monoisotopic (exact) mass is 164 g/mol. The Labute approximate surface area is 66.2 Å². The van der Waals surface area contributed by atoms with Gasteiger partial charge in [0.15, 0.2) is 0 Å². The van der Waals surface area contributed by atoms with E-state index < -0.39 is 0 Å². The molecule has 0 aliphatic rings. The van der Waals surface area contributed by atoms with Gasteiger partial charge < -0.3 is 5.11 Å². The smallest absolute Gasteiger partial charge is 0.147 e. The second-order valence-corrected chi connectivity index (χ2v) is 2.47. The molecule has 60 valence electrons. The molecule has 0 rings (SSSR count). The van der Waals surface area contributed by atoms with Crippen molar-refractivity contribution in [3.63, 3.8) is 0 Å². The molecule has 0 bridgehead atoms. The van der Waals surface area contributed by atoms with Crippen LogP contribution in [-0.4, -0.2) is 23.4 Å². The Hall–Kier alpha value is -0.0800. The molecule has 0 aliphatic carbocycles. The van der Waals surface area contributed by atoms with Crippen LogP contribution in [0.2, 0.25) is 0 Å². The van der Waals surface area contributed by atoms with Crippen LogP contribution in [0.25, 0.3) is 0 Å². The van der Waals surface area contributed by atoms with Gasteiger partial charge in [-0.2, -0.15) is 0 Å². The number of hydrogen-bond acceptors (Lipinski definition) is 2. The van der Waals surface area contributed by atoms with E-state index in [1.54, 1.807) is 0 Å². The number of carbonyl (C=O) groups is 1. The van der Waals surface area contributed by atoms with Gasteiger partial charge in [0.05, 0.1) is 5.88 Å². The van der Waals surface area contributed by atoms with Gasteiger partial charge >= 0.3 is 0 Å². The zero-order valence-corrected chi connectivity index (χ0v) is 6.73. The van der Waals surface area contributed by atoms with Crippen LogP contribution in [0.5, 0.6) is 0 Å². The summed E-state index contributed by atoms with van der Waals surface area (Å²) in [6.07, 6.45) is 3.12. The Morgan fingerprint density at radius 1 is 1.30 bits per heavy atom. The summed E-state index contributed by atoms with van der Waals surface area (Å²) in [6, 6.07) is 0. The topological polar surface area (TPSA) is 37.3 Å². The Morgan fingerprint density at radius 2 is 2.00 bits per heavy atom. The molecule has 1 N–H and O–H groups in total. The van der Waals surface area contributed by atoms with E-state index in [9.17, 15) is 4.79 Å². The number of alkyl halides is 1. The highest BCUT2D eigenvalue weighted by molar-refractivity contribution is 6.27. The lowest BCUT2D eigenvalue weighted by molar-refractivity contribution is -0.116. The second kappa shape index (κ2) is 7.03. The van der Waals surface area contributed by atoms with E-state index in [2.05, 4.69) is 0 Å². The van der Waals surface area contributed by atoms with E-state index in [4.69, 9.17) is 16.7 Å². The highest BCUT2D eigenvalue weighted by Gasteiger charge is 1.97. The highest BCUT2D eigenvalue weighted by Crippen LogP contribution is 2.00. The molecule has 0 heterocycles. The van der Waals surface area contributed by atoms with Crippen molar-refractivity contribution in [3.8, 4) is 0 Å². The summed E-state index contributed by atoms with van der Waals surface area (Å²) in [7, 11) is 0. The van der Waals surface area contributed by atoms with Crippen LogP contribution >= 0.6 is 11.6 Å². The van der Waals surface area contributed by atoms with E-state index in [1.165, 1.54) is 0 Å². The number of halogens is 1. The lowest BCUT2D eigenvalue weighted by Crippen LogP contribution is -1.98. The number of unbranched alkanes of at least 4 members (excludes halogenated alkanes) is 2. The normalized spacial score (nSPS) is 9.80. The van der Waals surface area contributed by atoms with E-state index in [1.807, 2.05) is 0 Å². The predicted molar refractivity (Wildman–Crippen MR) is 41.3 cm³/mol. The maximum atomic E-state index is 10.6. The molecule has 0 atom stereocenters. The summed E-state index contributed by atoms with van der Waals surface area (Å²) >= 11 is 5.27. The SMILES string of the molecule is O=C(CCl)CCCCCO. The van der Waals surface area contributed by atoms with Gasteiger partial charge in [-0.3, -0.25) is 4.79 Å². The molecule has 0 aromatic rings. The van der Waals surface area contributed by atoms with Crippen LogP contribution in [-0.2, 0) is 4.79 Å². The van der Waals surface area contributed by atoms with Crippen molar-refractivity contribution in [1.82, 2.24) is 0 Å². The Balaban J connectivity index is 2.96. The van der Waals surface area contributed by atoms with Gasteiger partial charge in [-0.15, -0.1) is 11.6 Å². The van der Waals surface area contributed by atoms with Crippen molar-refractivity contribution in [2.24, 2.45) is 0 Å². The molecule has 0 aromatic heterocycles. The third kappa shape index (κ3) is 6.05. The van der Waals surface area contributed by atoms with Crippen LogP contribution < -0.4 is 0 Å². The van der Waals surface area contributed by atoms with Gasteiger partial charge in [0.25, 0.3) is 0 Å². The van der Waals surface area contributed by atoms with Crippen LogP contribution in [0.1, 0.15) is 25.7 Å². The predicted octanol–water partition coefficient (Wildman–Crippen LogP) is 1.35. The molecular weight excluding hydrogens is 152 g/mol. The summed E-state index contributed by atoms with van der Waals surface area (Å²) in [6.45, 7) is 0.217. The first-order valence-corrected chi connectivity index (χ1v) is 4.03. The maximum absolute atomic E-state index is 10.6. The molecular formula is C7H13ClO2. The number of rotatable bonds is 6. The zero-order chi connectivity index (χ0) is 7.82. The Kier molecular flexibility index (Phi) is 6.98. The summed E-state index contributed by atoms with van der Waals surface area (Å²) in [5.41, 5.74) is 0. The maximum Gasteiger partial charge on any atom is 0.147 e. The van der Waals surface area contributed by atoms with Crippen LogP contribution in [0, 0.1) is 0 Å². The van der Waals surface area contributed by atoms with Gasteiger partial charge in [0, 0.05) is 13.0 Å². The second-order valence-electron chi connectivity index (χ2n) is 2.21. The van der Waals surface area contributed by atoms with Crippen molar-refractivity contribution in [3.05, 3.63) is 0 Å². The van der Waals surface area contributed by atoms with Gasteiger partial charge in [0.1, 0.15) is 5.78 Å². The standard InChI is InChI=1S/C7H13ClO2/c8-6-7(10)4-2-1-3-5-9/h9H,1-6H2. The van der Waals surface area contributed by atoms with Crippen molar-refractivity contribution in [2.75, 3.05) is 12.5 Å². The summed E-state index contributed by atoms with van der Waals surface area (Å²) in [4.78, 5) is 10.6. The lowest BCUT2D eigenvalue weighted by Gasteiger charge is -1.95. The third-order valence-corrected chi connectivity index (χ3v) is 1.56. The van der Waals surface area contributed by atoms with Crippen LogP contribution in [0.3, 0.4) is 0 Å². The van der Waals surface area contributed by atoms with E-state index in [-0.39, 0.29) is 18.3 Å². The van der Waals surface area contributed by atoms with E-state index in [0.29, 0.717) is 6.42 Å². The lowest BCUT2D eigenvalue weighted by atomic mass is 10.1. The number of Topliss-reactive ketones (excluding diaryl/α,β-unsaturated/α-hetero) is 1. The number of ketones is 1. The molecule has 2 nitrogen and oxygen atoms in total. The first-order valence-electron chi connectivity index (χ1n) is 3.49. The Bertz CT molecular complexity index is 93.6. The minimum Gasteiger partial charge on any atom is -0.396 e. The molecule has 0 spiro atoms. The fraction of sp³-hybridized carbons (Fsp3) is 0.857. The summed E-state index contributed by atoms with van der Waals surface area (Å²) in [5, 5.41) is 8.38.